The molecule has 1 aliphatic carbocycles. The van der Waals surface area contributed by atoms with E-state index in [4.69, 9.17) is 4.74 Å². The van der Waals surface area contributed by atoms with Crippen molar-refractivity contribution in [1.29, 1.82) is 0 Å². The van der Waals surface area contributed by atoms with Gasteiger partial charge in [-0.2, -0.15) is 5.10 Å². The van der Waals surface area contributed by atoms with Crippen LogP contribution in [0.5, 0.6) is 5.75 Å². The van der Waals surface area contributed by atoms with E-state index in [1.807, 2.05) is 62.6 Å². The van der Waals surface area contributed by atoms with Crippen LogP contribution in [0.15, 0.2) is 70.6 Å². The van der Waals surface area contributed by atoms with Crippen LogP contribution in [0.25, 0.3) is 23.1 Å². The molecule has 0 unspecified atom stereocenters. The van der Waals surface area contributed by atoms with Gasteiger partial charge in [0.15, 0.2) is 0 Å². The summed E-state index contributed by atoms with van der Waals surface area (Å²) in [5, 5.41) is 11.7. The molecule has 0 saturated heterocycles. The molecule has 2 aromatic heterocycles. The molecule has 8 heteroatoms. The number of likely N-dealkylation sites (N-methyl/N-ethyl adjacent to an activating group) is 1. The Kier molecular flexibility index (Phi) is 7.34. The summed E-state index contributed by atoms with van der Waals surface area (Å²) >= 11 is 1.58. The lowest BCUT2D eigenvalue weighted by Gasteiger charge is -2.10. The van der Waals surface area contributed by atoms with Crippen molar-refractivity contribution in [3.8, 4) is 5.75 Å². The number of rotatable bonds is 10. The van der Waals surface area contributed by atoms with Crippen molar-refractivity contribution in [2.75, 3.05) is 27.2 Å². The number of fused-ring (bicyclic) bond motifs is 1. The van der Waals surface area contributed by atoms with E-state index in [0.29, 0.717) is 18.2 Å². The Morgan fingerprint density at radius 3 is 2.81 bits per heavy atom. The minimum Gasteiger partial charge on any atom is -0.491 e. The first-order valence-electron chi connectivity index (χ1n) is 12.0. The molecule has 1 amide bonds. The highest BCUT2D eigenvalue weighted by Crippen LogP contribution is 2.33. The van der Waals surface area contributed by atoms with Gasteiger partial charge in [-0.3, -0.25) is 14.9 Å². The maximum atomic E-state index is 12.6. The van der Waals surface area contributed by atoms with Gasteiger partial charge in [0.2, 0.25) is 0 Å². The Morgan fingerprint density at radius 2 is 2.03 bits per heavy atom. The minimum atomic E-state index is -0.00240. The third-order valence-corrected chi connectivity index (χ3v) is 6.88. The van der Waals surface area contributed by atoms with Gasteiger partial charge < -0.3 is 15.0 Å². The fourth-order valence-electron chi connectivity index (χ4n) is 3.66. The first-order valence-corrected chi connectivity index (χ1v) is 12.8. The lowest BCUT2D eigenvalue weighted by molar-refractivity contribution is 0.0948. The van der Waals surface area contributed by atoms with E-state index < -0.39 is 0 Å². The Hall–Kier alpha value is -3.62. The molecule has 36 heavy (non-hydrogen) atoms. The Bertz CT molecular complexity index is 1380. The number of nitrogens with one attached hydrogen (secondary N) is 2. The van der Waals surface area contributed by atoms with E-state index >= 15 is 0 Å². The number of carbonyl (C=O) groups excluding carboxylic acids is 1. The molecule has 2 heterocycles. The summed E-state index contributed by atoms with van der Waals surface area (Å²) in [6.45, 7) is 1.49. The zero-order valence-electron chi connectivity index (χ0n) is 20.4. The van der Waals surface area contributed by atoms with E-state index in [0.717, 1.165) is 57.2 Å². The summed E-state index contributed by atoms with van der Waals surface area (Å²) in [6, 6.07) is 18.1. The number of nitrogens with zero attached hydrogens (tertiary/aromatic N) is 3. The average Bonchev–Trinajstić information content (AvgIpc) is 3.60. The van der Waals surface area contributed by atoms with Gasteiger partial charge in [0.25, 0.3) is 5.91 Å². The van der Waals surface area contributed by atoms with Gasteiger partial charge >= 0.3 is 0 Å². The molecule has 1 fully saturated rings. The van der Waals surface area contributed by atoms with Crippen LogP contribution in [0.4, 0.5) is 0 Å². The lowest BCUT2D eigenvalue weighted by atomic mass is 10.2. The summed E-state index contributed by atoms with van der Waals surface area (Å²) < 4.78 is 5.70. The summed E-state index contributed by atoms with van der Waals surface area (Å²) in [6.07, 6.45) is 7.78. The van der Waals surface area contributed by atoms with Crippen molar-refractivity contribution >= 4 is 40.7 Å². The van der Waals surface area contributed by atoms with Crippen molar-refractivity contribution in [2.45, 2.75) is 28.7 Å². The van der Waals surface area contributed by atoms with Crippen LogP contribution in [0.2, 0.25) is 0 Å². The van der Waals surface area contributed by atoms with Gasteiger partial charge in [-0.1, -0.05) is 23.9 Å². The number of hydrogen-bond acceptors (Lipinski definition) is 6. The quantitative estimate of drug-likeness (QED) is 0.315. The van der Waals surface area contributed by atoms with Gasteiger partial charge in [-0.05, 0) is 81.6 Å². The number of pyridine rings is 1. The molecule has 7 nitrogen and oxygen atoms in total. The first kappa shape index (κ1) is 24.1. The summed E-state index contributed by atoms with van der Waals surface area (Å²) in [7, 11) is 4.04. The number of aromatic nitrogens is 3. The highest BCUT2D eigenvalue weighted by Gasteiger charge is 2.24. The molecule has 0 bridgehead atoms. The fourth-order valence-corrected chi connectivity index (χ4v) is 4.64. The monoisotopic (exact) mass is 499 g/mol. The van der Waals surface area contributed by atoms with Crippen LogP contribution in [0, 0.1) is 0 Å². The molecule has 4 aromatic rings. The second kappa shape index (κ2) is 11.0. The second-order valence-electron chi connectivity index (χ2n) is 9.07. The highest BCUT2D eigenvalue weighted by molar-refractivity contribution is 7.99. The van der Waals surface area contributed by atoms with Gasteiger partial charge in [0, 0.05) is 27.8 Å². The standard InChI is InChI=1S/C28H29N5O2S/c1-33(2)15-16-35-21-11-9-19(29-18-21)10-14-25-23-13-12-22(17-26(23)32-31-25)36-27-6-4-3-5-24(27)28(34)30-20-7-8-20/h3-6,9-14,17-18,20H,7-8,15-16H2,1-2H3,(H,30,34)(H,31,32)/b14-10+. The summed E-state index contributed by atoms with van der Waals surface area (Å²) in [5.41, 5.74) is 3.33. The van der Waals surface area contributed by atoms with E-state index in [1.165, 1.54) is 0 Å². The highest BCUT2D eigenvalue weighted by atomic mass is 32.2. The van der Waals surface area contributed by atoms with E-state index in [-0.39, 0.29) is 5.91 Å². The van der Waals surface area contributed by atoms with Gasteiger partial charge in [0.05, 0.1) is 28.7 Å². The SMILES string of the molecule is CN(C)CCOc1ccc(/C=C/c2n[nH]c3cc(Sc4ccccc4C(=O)NC4CC4)ccc23)nc1. The Labute approximate surface area is 215 Å². The van der Waals surface area contributed by atoms with Crippen LogP contribution in [-0.2, 0) is 0 Å². The third kappa shape index (κ3) is 6.13. The van der Waals surface area contributed by atoms with Crippen molar-refractivity contribution in [3.05, 3.63) is 77.7 Å². The topological polar surface area (TPSA) is 83.1 Å². The molecule has 2 N–H and O–H groups in total. The smallest absolute Gasteiger partial charge is 0.252 e. The van der Waals surface area contributed by atoms with Crippen LogP contribution in [0.3, 0.4) is 0 Å². The number of H-pyrrole nitrogens is 1. The number of carbonyl (C=O) groups is 1. The maximum Gasteiger partial charge on any atom is 0.252 e. The van der Waals surface area contributed by atoms with Crippen LogP contribution >= 0.6 is 11.8 Å². The van der Waals surface area contributed by atoms with E-state index in [1.54, 1.807) is 18.0 Å². The van der Waals surface area contributed by atoms with Crippen molar-refractivity contribution in [3.63, 3.8) is 0 Å². The molecular weight excluding hydrogens is 470 g/mol. The molecule has 1 aliphatic rings. The van der Waals surface area contributed by atoms with Gasteiger partial charge in [0.1, 0.15) is 12.4 Å². The number of amides is 1. The normalized spacial score (nSPS) is 13.5. The number of hydrogen-bond donors (Lipinski definition) is 2. The van der Waals surface area contributed by atoms with Crippen molar-refractivity contribution in [2.24, 2.45) is 0 Å². The Morgan fingerprint density at radius 1 is 1.17 bits per heavy atom. The third-order valence-electron chi connectivity index (χ3n) is 5.81. The largest absolute Gasteiger partial charge is 0.491 e. The zero-order valence-corrected chi connectivity index (χ0v) is 21.2. The number of ether oxygens (including phenoxy) is 1. The summed E-state index contributed by atoms with van der Waals surface area (Å²) in [4.78, 5) is 21.2. The minimum absolute atomic E-state index is 0.00240. The Balaban J connectivity index is 1.26. The molecule has 0 radical (unpaired) electrons. The van der Waals surface area contributed by atoms with E-state index in [2.05, 4.69) is 43.6 Å². The first-order chi connectivity index (χ1) is 17.5. The van der Waals surface area contributed by atoms with E-state index in [9.17, 15) is 4.79 Å². The molecular formula is C28H29N5O2S. The van der Waals surface area contributed by atoms with Gasteiger partial charge in [-0.15, -0.1) is 0 Å². The van der Waals surface area contributed by atoms with Crippen LogP contribution < -0.4 is 10.1 Å². The lowest BCUT2D eigenvalue weighted by Crippen LogP contribution is -2.25. The van der Waals surface area contributed by atoms with Crippen LogP contribution in [-0.4, -0.2) is 59.3 Å². The average molecular weight is 500 g/mol. The fraction of sp³-hybridized carbons (Fsp3) is 0.250. The molecule has 0 aliphatic heterocycles. The molecule has 0 spiro atoms. The number of aromatic amines is 1. The number of benzene rings is 2. The van der Waals surface area contributed by atoms with Crippen molar-refractivity contribution < 1.29 is 9.53 Å². The molecule has 1 saturated carbocycles. The van der Waals surface area contributed by atoms with Crippen LogP contribution in [0.1, 0.15) is 34.6 Å². The maximum absolute atomic E-state index is 12.6. The predicted molar refractivity (Wildman–Crippen MR) is 144 cm³/mol. The van der Waals surface area contributed by atoms with Crippen molar-refractivity contribution in [1.82, 2.24) is 25.4 Å². The molecule has 184 valence electrons. The molecule has 0 atom stereocenters. The molecule has 2 aromatic carbocycles. The second-order valence-corrected chi connectivity index (χ2v) is 10.2. The summed E-state index contributed by atoms with van der Waals surface area (Å²) in [5.74, 6) is 0.758. The predicted octanol–water partition coefficient (Wildman–Crippen LogP) is 5.11. The van der Waals surface area contributed by atoms with Gasteiger partial charge in [-0.25, -0.2) is 0 Å². The molecule has 5 rings (SSSR count). The zero-order chi connectivity index (χ0) is 24.9.